The molecule has 68 valence electrons. The van der Waals surface area contributed by atoms with Gasteiger partial charge in [-0.15, -0.1) is 0 Å². The predicted octanol–water partition coefficient (Wildman–Crippen LogP) is -0.854. The SMILES string of the molecule is CNCC(C)N1CC(=O)NC1=O. The number of rotatable bonds is 3. The molecule has 5 nitrogen and oxygen atoms in total. The van der Waals surface area contributed by atoms with Crippen LogP contribution in [0, 0.1) is 0 Å². The number of carbonyl (C=O) groups excluding carboxylic acids is 2. The van der Waals surface area contributed by atoms with Gasteiger partial charge < -0.3 is 10.2 Å². The summed E-state index contributed by atoms with van der Waals surface area (Å²) in [6.07, 6.45) is 0. The van der Waals surface area contributed by atoms with Crippen molar-refractivity contribution < 1.29 is 9.59 Å². The fourth-order valence-electron chi connectivity index (χ4n) is 1.22. The van der Waals surface area contributed by atoms with Gasteiger partial charge in [0, 0.05) is 12.6 Å². The highest BCUT2D eigenvalue weighted by molar-refractivity contribution is 6.02. The number of urea groups is 1. The Morgan fingerprint density at radius 3 is 2.75 bits per heavy atom. The van der Waals surface area contributed by atoms with E-state index in [4.69, 9.17) is 0 Å². The normalized spacial score (nSPS) is 19.7. The molecule has 1 heterocycles. The third kappa shape index (κ3) is 1.73. The third-order valence-corrected chi connectivity index (χ3v) is 1.85. The molecule has 0 radical (unpaired) electrons. The van der Waals surface area contributed by atoms with Crippen molar-refractivity contribution in [3.8, 4) is 0 Å². The Hall–Kier alpha value is -1.10. The molecule has 1 rings (SSSR count). The minimum absolute atomic E-state index is 0.0569. The maximum Gasteiger partial charge on any atom is 0.324 e. The quantitative estimate of drug-likeness (QED) is 0.543. The molecule has 0 saturated carbocycles. The van der Waals surface area contributed by atoms with Crippen LogP contribution in [0.1, 0.15) is 6.92 Å². The van der Waals surface area contributed by atoms with Crippen molar-refractivity contribution in [1.29, 1.82) is 0 Å². The lowest BCUT2D eigenvalue weighted by molar-refractivity contribution is -0.118. The Balaban J connectivity index is 2.51. The Bertz CT molecular complexity index is 205. The van der Waals surface area contributed by atoms with Crippen LogP contribution >= 0.6 is 0 Å². The molecular weight excluding hydrogens is 158 g/mol. The summed E-state index contributed by atoms with van der Waals surface area (Å²) in [4.78, 5) is 23.4. The van der Waals surface area contributed by atoms with E-state index in [1.54, 1.807) is 0 Å². The molecule has 5 heteroatoms. The van der Waals surface area contributed by atoms with Crippen molar-refractivity contribution in [3.63, 3.8) is 0 Å². The summed E-state index contributed by atoms with van der Waals surface area (Å²) in [5, 5.41) is 5.17. The first kappa shape index (κ1) is 8.99. The van der Waals surface area contributed by atoms with E-state index in [9.17, 15) is 9.59 Å². The average molecular weight is 171 g/mol. The molecule has 0 spiro atoms. The van der Waals surface area contributed by atoms with E-state index in [2.05, 4.69) is 10.6 Å². The van der Waals surface area contributed by atoms with Crippen molar-refractivity contribution >= 4 is 11.9 Å². The van der Waals surface area contributed by atoms with Gasteiger partial charge in [-0.05, 0) is 14.0 Å². The first-order valence-corrected chi connectivity index (χ1v) is 3.90. The molecule has 1 atom stereocenters. The lowest BCUT2D eigenvalue weighted by Crippen LogP contribution is -2.41. The number of likely N-dealkylation sites (N-methyl/N-ethyl adjacent to an activating group) is 1. The molecule has 2 N–H and O–H groups in total. The van der Waals surface area contributed by atoms with Gasteiger partial charge in [0.05, 0.1) is 0 Å². The molecule has 1 saturated heterocycles. The van der Waals surface area contributed by atoms with Crippen LogP contribution in [-0.2, 0) is 4.79 Å². The van der Waals surface area contributed by atoms with Crippen molar-refractivity contribution in [2.75, 3.05) is 20.1 Å². The Morgan fingerprint density at radius 2 is 2.33 bits per heavy atom. The van der Waals surface area contributed by atoms with Crippen molar-refractivity contribution in [2.45, 2.75) is 13.0 Å². The Morgan fingerprint density at radius 1 is 1.67 bits per heavy atom. The van der Waals surface area contributed by atoms with E-state index in [0.717, 1.165) is 0 Å². The summed E-state index contributed by atoms with van der Waals surface area (Å²) in [7, 11) is 1.81. The zero-order valence-electron chi connectivity index (χ0n) is 7.26. The first-order valence-electron chi connectivity index (χ1n) is 3.90. The van der Waals surface area contributed by atoms with Crippen LogP contribution in [0.5, 0.6) is 0 Å². The zero-order valence-corrected chi connectivity index (χ0v) is 7.26. The lowest BCUT2D eigenvalue weighted by Gasteiger charge is -2.21. The second-order valence-electron chi connectivity index (χ2n) is 2.89. The van der Waals surface area contributed by atoms with Gasteiger partial charge in [-0.2, -0.15) is 0 Å². The van der Waals surface area contributed by atoms with Crippen LogP contribution in [0.15, 0.2) is 0 Å². The smallest absolute Gasteiger partial charge is 0.318 e. The van der Waals surface area contributed by atoms with Gasteiger partial charge in [0.2, 0.25) is 5.91 Å². The van der Waals surface area contributed by atoms with Gasteiger partial charge in [0.1, 0.15) is 6.54 Å². The van der Waals surface area contributed by atoms with Crippen LogP contribution in [-0.4, -0.2) is 43.0 Å². The maximum absolute atomic E-state index is 11.1. The van der Waals surface area contributed by atoms with Gasteiger partial charge >= 0.3 is 6.03 Å². The standard InChI is InChI=1S/C7H13N3O2/c1-5(3-8-2)10-4-6(11)9-7(10)12/h5,8H,3-4H2,1-2H3,(H,9,11,12). The van der Waals surface area contributed by atoms with Crippen LogP contribution in [0.4, 0.5) is 4.79 Å². The summed E-state index contributed by atoms with van der Waals surface area (Å²) < 4.78 is 0. The molecule has 0 aliphatic carbocycles. The highest BCUT2D eigenvalue weighted by Crippen LogP contribution is 2.03. The topological polar surface area (TPSA) is 61.4 Å². The minimum atomic E-state index is -0.289. The predicted molar refractivity (Wildman–Crippen MR) is 43.6 cm³/mol. The summed E-state index contributed by atoms with van der Waals surface area (Å²) in [5.41, 5.74) is 0. The number of nitrogens with zero attached hydrogens (tertiary/aromatic N) is 1. The minimum Gasteiger partial charge on any atom is -0.318 e. The molecule has 0 bridgehead atoms. The number of nitrogens with one attached hydrogen (secondary N) is 2. The summed E-state index contributed by atoms with van der Waals surface area (Å²) in [6.45, 7) is 2.77. The van der Waals surface area contributed by atoms with E-state index >= 15 is 0 Å². The molecule has 1 fully saturated rings. The second-order valence-corrected chi connectivity index (χ2v) is 2.89. The average Bonchev–Trinajstić information content (AvgIpc) is 2.30. The fraction of sp³-hybridized carbons (Fsp3) is 0.714. The van der Waals surface area contributed by atoms with Crippen molar-refractivity contribution in [3.05, 3.63) is 0 Å². The zero-order chi connectivity index (χ0) is 9.14. The molecule has 1 aliphatic heterocycles. The molecule has 1 aliphatic rings. The first-order chi connectivity index (χ1) is 5.65. The highest BCUT2D eigenvalue weighted by Gasteiger charge is 2.29. The van der Waals surface area contributed by atoms with Crippen LogP contribution in [0.25, 0.3) is 0 Å². The molecule has 0 aromatic rings. The number of carbonyl (C=O) groups is 2. The van der Waals surface area contributed by atoms with Gasteiger partial charge in [-0.3, -0.25) is 10.1 Å². The maximum atomic E-state index is 11.1. The number of hydrogen-bond acceptors (Lipinski definition) is 3. The number of imide groups is 1. The highest BCUT2D eigenvalue weighted by atomic mass is 16.2. The van der Waals surface area contributed by atoms with E-state index in [-0.39, 0.29) is 24.5 Å². The Kier molecular flexibility index (Phi) is 2.65. The monoisotopic (exact) mass is 171 g/mol. The molecule has 1 unspecified atom stereocenters. The van der Waals surface area contributed by atoms with Crippen molar-refractivity contribution in [2.24, 2.45) is 0 Å². The number of amides is 3. The Labute approximate surface area is 71.1 Å². The van der Waals surface area contributed by atoms with E-state index in [1.165, 1.54) is 4.90 Å². The lowest BCUT2D eigenvalue weighted by atomic mass is 10.3. The third-order valence-electron chi connectivity index (χ3n) is 1.85. The molecule has 0 aromatic heterocycles. The molecule has 0 aromatic carbocycles. The van der Waals surface area contributed by atoms with Gasteiger partial charge in [0.15, 0.2) is 0 Å². The van der Waals surface area contributed by atoms with Crippen LogP contribution < -0.4 is 10.6 Å². The van der Waals surface area contributed by atoms with Crippen molar-refractivity contribution in [1.82, 2.24) is 15.5 Å². The summed E-state index contributed by atoms with van der Waals surface area (Å²) in [5.74, 6) is -0.219. The van der Waals surface area contributed by atoms with Crippen LogP contribution in [0.2, 0.25) is 0 Å². The molecule has 3 amide bonds. The fourth-order valence-corrected chi connectivity index (χ4v) is 1.22. The molecular formula is C7H13N3O2. The van der Waals surface area contributed by atoms with Gasteiger partial charge in [0.25, 0.3) is 0 Å². The largest absolute Gasteiger partial charge is 0.324 e. The number of hydrogen-bond donors (Lipinski definition) is 2. The second kappa shape index (κ2) is 3.53. The van der Waals surface area contributed by atoms with Crippen LogP contribution in [0.3, 0.4) is 0 Å². The van der Waals surface area contributed by atoms with Gasteiger partial charge in [-0.25, -0.2) is 4.79 Å². The van der Waals surface area contributed by atoms with E-state index in [1.807, 2.05) is 14.0 Å². The summed E-state index contributed by atoms with van der Waals surface area (Å²) >= 11 is 0. The van der Waals surface area contributed by atoms with E-state index in [0.29, 0.717) is 6.54 Å². The van der Waals surface area contributed by atoms with Gasteiger partial charge in [-0.1, -0.05) is 0 Å². The van der Waals surface area contributed by atoms with E-state index < -0.39 is 0 Å². The molecule has 12 heavy (non-hydrogen) atoms. The summed E-state index contributed by atoms with van der Waals surface area (Å²) in [6, 6.07) is -0.232.